The normalized spacial score (nSPS) is 11.8. The zero-order chi connectivity index (χ0) is 28.4. The number of alkyl carbamates (subject to hydrolysis) is 1. The van der Waals surface area contributed by atoms with E-state index in [4.69, 9.17) is 14.2 Å². The second kappa shape index (κ2) is 13.5. The Morgan fingerprint density at radius 3 is 1.87 bits per heavy atom. The van der Waals surface area contributed by atoms with Crippen LogP contribution in [0.4, 0.5) is 4.79 Å². The fourth-order valence-corrected chi connectivity index (χ4v) is 4.29. The van der Waals surface area contributed by atoms with E-state index in [9.17, 15) is 14.4 Å². The van der Waals surface area contributed by atoms with Crippen LogP contribution in [0.25, 0.3) is 0 Å². The molecule has 0 radical (unpaired) electrons. The standard InChI is InChI=1S/C31H36N2O6/c1-31(2,3)39-30(36)32-28(27(22-14-8-6-9-15-22)23-16-10-7-11-17-23)29(35)33(21-26(34)38-5)20-24-18-12-13-19-25(24)37-4/h6-19,27-28H,20-21H2,1-5H3,(H,32,36)/t28-/m0/s1. The van der Waals surface area contributed by atoms with Gasteiger partial charge in [-0.1, -0.05) is 78.9 Å². The lowest BCUT2D eigenvalue weighted by Crippen LogP contribution is -2.53. The summed E-state index contributed by atoms with van der Waals surface area (Å²) in [6.45, 7) is 4.98. The molecule has 0 saturated heterocycles. The van der Waals surface area contributed by atoms with E-state index >= 15 is 0 Å². The van der Waals surface area contributed by atoms with Crippen LogP contribution in [0.15, 0.2) is 84.9 Å². The van der Waals surface area contributed by atoms with Crippen LogP contribution in [0.1, 0.15) is 43.4 Å². The number of ether oxygens (including phenoxy) is 3. The van der Waals surface area contributed by atoms with Crippen LogP contribution in [-0.4, -0.2) is 55.3 Å². The fourth-order valence-electron chi connectivity index (χ4n) is 4.29. The molecule has 0 aromatic heterocycles. The molecule has 2 amide bonds. The predicted molar refractivity (Wildman–Crippen MR) is 148 cm³/mol. The molecule has 0 heterocycles. The molecule has 1 N–H and O–H groups in total. The van der Waals surface area contributed by atoms with Crippen molar-refractivity contribution in [1.29, 1.82) is 0 Å². The molecule has 0 aliphatic heterocycles. The first-order valence-electron chi connectivity index (χ1n) is 12.7. The van der Waals surface area contributed by atoms with Crippen molar-refractivity contribution in [3.63, 3.8) is 0 Å². The number of rotatable bonds is 10. The maximum Gasteiger partial charge on any atom is 0.408 e. The van der Waals surface area contributed by atoms with E-state index in [-0.39, 0.29) is 13.1 Å². The van der Waals surface area contributed by atoms with Crippen molar-refractivity contribution in [1.82, 2.24) is 10.2 Å². The quantitative estimate of drug-likeness (QED) is 0.373. The Morgan fingerprint density at radius 1 is 0.821 bits per heavy atom. The minimum absolute atomic E-state index is 0.0563. The highest BCUT2D eigenvalue weighted by Gasteiger charge is 2.37. The molecule has 0 bridgehead atoms. The van der Waals surface area contributed by atoms with Gasteiger partial charge in [0.15, 0.2) is 0 Å². The maximum atomic E-state index is 14.4. The third kappa shape index (κ3) is 8.33. The number of amides is 2. The second-order valence-electron chi connectivity index (χ2n) is 10.0. The summed E-state index contributed by atoms with van der Waals surface area (Å²) in [7, 11) is 2.81. The summed E-state index contributed by atoms with van der Waals surface area (Å²) in [5.41, 5.74) is 1.54. The first-order chi connectivity index (χ1) is 18.6. The summed E-state index contributed by atoms with van der Waals surface area (Å²) in [6, 6.07) is 25.0. The lowest BCUT2D eigenvalue weighted by molar-refractivity contribution is -0.148. The third-order valence-electron chi connectivity index (χ3n) is 6.00. The second-order valence-corrected chi connectivity index (χ2v) is 10.0. The number of esters is 1. The van der Waals surface area contributed by atoms with E-state index in [0.717, 1.165) is 11.1 Å². The highest BCUT2D eigenvalue weighted by Crippen LogP contribution is 2.30. The van der Waals surface area contributed by atoms with Crippen LogP contribution in [0.3, 0.4) is 0 Å². The Balaban J connectivity index is 2.12. The van der Waals surface area contributed by atoms with E-state index in [1.54, 1.807) is 33.9 Å². The van der Waals surface area contributed by atoms with Gasteiger partial charge >= 0.3 is 12.1 Å². The van der Waals surface area contributed by atoms with Crippen molar-refractivity contribution in [2.75, 3.05) is 20.8 Å². The summed E-state index contributed by atoms with van der Waals surface area (Å²) in [5.74, 6) is -1.08. The molecule has 0 saturated carbocycles. The summed E-state index contributed by atoms with van der Waals surface area (Å²) in [6.07, 6.45) is -0.743. The Bertz CT molecular complexity index is 1200. The number of hydrogen-bond acceptors (Lipinski definition) is 6. The van der Waals surface area contributed by atoms with Crippen molar-refractivity contribution in [3.05, 3.63) is 102 Å². The predicted octanol–water partition coefficient (Wildman–Crippen LogP) is 4.92. The van der Waals surface area contributed by atoms with Crippen molar-refractivity contribution in [3.8, 4) is 5.75 Å². The zero-order valence-electron chi connectivity index (χ0n) is 23.0. The largest absolute Gasteiger partial charge is 0.496 e. The van der Waals surface area contributed by atoms with Crippen LogP contribution in [0.2, 0.25) is 0 Å². The van der Waals surface area contributed by atoms with Gasteiger partial charge in [0.05, 0.1) is 20.8 Å². The highest BCUT2D eigenvalue weighted by atomic mass is 16.6. The molecule has 3 aromatic rings. The molecule has 0 aliphatic carbocycles. The average Bonchev–Trinajstić information content (AvgIpc) is 2.92. The molecule has 39 heavy (non-hydrogen) atoms. The molecule has 1 atom stereocenters. The van der Waals surface area contributed by atoms with E-state index in [0.29, 0.717) is 11.3 Å². The summed E-state index contributed by atoms with van der Waals surface area (Å²) in [5, 5.41) is 2.82. The molecule has 8 heteroatoms. The van der Waals surface area contributed by atoms with Gasteiger partial charge in [-0.3, -0.25) is 9.59 Å². The van der Waals surface area contributed by atoms with Gasteiger partial charge in [0.25, 0.3) is 0 Å². The lowest BCUT2D eigenvalue weighted by atomic mass is 9.84. The van der Waals surface area contributed by atoms with Crippen LogP contribution in [0, 0.1) is 0 Å². The number of hydrogen-bond donors (Lipinski definition) is 1. The lowest BCUT2D eigenvalue weighted by Gasteiger charge is -2.33. The fraction of sp³-hybridized carbons (Fsp3) is 0.323. The van der Waals surface area contributed by atoms with Gasteiger partial charge in [-0.05, 0) is 38.0 Å². The SMILES string of the molecule is COC(=O)CN(Cc1ccccc1OC)C(=O)[C@@H](NC(=O)OC(C)(C)C)C(c1ccccc1)c1ccccc1. The van der Waals surface area contributed by atoms with Crippen molar-refractivity contribution in [2.24, 2.45) is 0 Å². The molecule has 3 rings (SSSR count). The minimum atomic E-state index is -1.11. The van der Waals surface area contributed by atoms with Gasteiger partial charge in [0.2, 0.25) is 5.91 Å². The Hall–Kier alpha value is -4.33. The van der Waals surface area contributed by atoms with E-state index in [1.807, 2.05) is 78.9 Å². The third-order valence-corrected chi connectivity index (χ3v) is 6.00. The van der Waals surface area contributed by atoms with Gasteiger partial charge in [0.1, 0.15) is 23.9 Å². The van der Waals surface area contributed by atoms with Crippen molar-refractivity contribution in [2.45, 2.75) is 44.9 Å². The number of nitrogens with one attached hydrogen (secondary N) is 1. The van der Waals surface area contributed by atoms with Gasteiger partial charge in [0, 0.05) is 11.5 Å². The summed E-state index contributed by atoms with van der Waals surface area (Å²) < 4.78 is 15.9. The zero-order valence-corrected chi connectivity index (χ0v) is 23.0. The molecule has 0 unspecified atom stereocenters. The average molecular weight is 533 g/mol. The molecule has 206 valence electrons. The number of benzene rings is 3. The van der Waals surface area contributed by atoms with Gasteiger partial charge < -0.3 is 24.4 Å². The molecule has 0 fully saturated rings. The number of methoxy groups -OCH3 is 2. The Labute approximate surface area is 229 Å². The van der Waals surface area contributed by atoms with Crippen LogP contribution in [-0.2, 0) is 25.6 Å². The Morgan fingerprint density at radius 2 is 1.36 bits per heavy atom. The van der Waals surface area contributed by atoms with E-state index < -0.39 is 35.5 Å². The summed E-state index contributed by atoms with van der Waals surface area (Å²) in [4.78, 5) is 41.3. The molecule has 8 nitrogen and oxygen atoms in total. The van der Waals surface area contributed by atoms with Gasteiger partial charge in [-0.15, -0.1) is 0 Å². The molecule has 3 aromatic carbocycles. The van der Waals surface area contributed by atoms with Crippen molar-refractivity contribution < 1.29 is 28.6 Å². The number of para-hydroxylation sites is 1. The topological polar surface area (TPSA) is 94.2 Å². The molecule has 0 spiro atoms. The smallest absolute Gasteiger partial charge is 0.408 e. The monoisotopic (exact) mass is 532 g/mol. The van der Waals surface area contributed by atoms with Gasteiger partial charge in [-0.2, -0.15) is 0 Å². The highest BCUT2D eigenvalue weighted by molar-refractivity contribution is 5.90. The minimum Gasteiger partial charge on any atom is -0.496 e. The number of carbonyl (C=O) groups is 3. The molecule has 0 aliphatic rings. The van der Waals surface area contributed by atoms with E-state index in [2.05, 4.69) is 5.32 Å². The number of nitrogens with zero attached hydrogens (tertiary/aromatic N) is 1. The van der Waals surface area contributed by atoms with E-state index in [1.165, 1.54) is 12.0 Å². The number of carbonyl (C=O) groups excluding carboxylic acids is 3. The van der Waals surface area contributed by atoms with Crippen LogP contribution >= 0.6 is 0 Å². The van der Waals surface area contributed by atoms with Gasteiger partial charge in [-0.25, -0.2) is 4.79 Å². The molecular weight excluding hydrogens is 496 g/mol. The first kappa shape index (κ1) is 29.2. The summed E-state index contributed by atoms with van der Waals surface area (Å²) >= 11 is 0. The maximum absolute atomic E-state index is 14.4. The van der Waals surface area contributed by atoms with Crippen LogP contribution in [0.5, 0.6) is 5.75 Å². The van der Waals surface area contributed by atoms with Crippen molar-refractivity contribution >= 4 is 18.0 Å². The molecular formula is C31H36N2O6. The Kier molecular flexibility index (Phi) is 10.1. The first-order valence-corrected chi connectivity index (χ1v) is 12.7. The van der Waals surface area contributed by atoms with Crippen LogP contribution < -0.4 is 10.1 Å².